The van der Waals surface area contributed by atoms with Gasteiger partial charge < -0.3 is 17.5 Å². The number of hydrogen-bond acceptors (Lipinski definition) is 1. The lowest BCUT2D eigenvalue weighted by Gasteiger charge is -2.13. The lowest BCUT2D eigenvalue weighted by atomic mass is 10.6. The molecule has 0 bridgehead atoms. The molecule has 1 aliphatic rings. The van der Waals surface area contributed by atoms with Gasteiger partial charge in [0.2, 0.25) is 0 Å². The Balaban J connectivity index is 0.000000810. The van der Waals surface area contributed by atoms with Crippen molar-refractivity contribution in [2.24, 2.45) is 0 Å². The Morgan fingerprint density at radius 2 is 1.90 bits per heavy atom. The van der Waals surface area contributed by atoms with E-state index in [-0.39, 0.29) is 12.4 Å². The highest BCUT2D eigenvalue weighted by molar-refractivity contribution is 7.75. The predicted molar refractivity (Wildman–Crippen MR) is 43.7 cm³/mol. The topological polar surface area (TPSA) is 20.2 Å². The van der Waals surface area contributed by atoms with E-state index in [2.05, 4.69) is 18.8 Å². The van der Waals surface area contributed by atoms with Gasteiger partial charge in [0.05, 0.1) is 25.1 Å². The molecule has 0 aromatic carbocycles. The zero-order valence-corrected chi connectivity index (χ0v) is 7.91. The van der Waals surface area contributed by atoms with E-state index in [4.69, 9.17) is 5.11 Å². The summed E-state index contributed by atoms with van der Waals surface area (Å²) in [5, 5.41) is 8.69. The van der Waals surface area contributed by atoms with Crippen LogP contribution in [0.3, 0.4) is 0 Å². The molecule has 0 aromatic rings. The largest absolute Gasteiger partial charge is 1.00 e. The van der Waals surface area contributed by atoms with Crippen molar-refractivity contribution in [1.82, 2.24) is 0 Å². The Morgan fingerprint density at radius 3 is 2.30 bits per heavy atom. The molecule has 0 fully saturated rings. The minimum absolute atomic E-state index is 0. The Labute approximate surface area is 69.3 Å². The lowest BCUT2D eigenvalue weighted by Crippen LogP contribution is -3.00. The molecule has 0 spiro atoms. The van der Waals surface area contributed by atoms with E-state index < -0.39 is 7.26 Å². The van der Waals surface area contributed by atoms with E-state index in [0.717, 1.165) is 6.16 Å². The zero-order chi connectivity index (χ0) is 6.74. The maximum absolute atomic E-state index is 8.69. The molecule has 1 rings (SSSR count). The summed E-state index contributed by atoms with van der Waals surface area (Å²) >= 11 is 0. The third-order valence-corrected chi connectivity index (χ3v) is 5.36. The second-order valence-corrected chi connectivity index (χ2v) is 7.32. The van der Waals surface area contributed by atoms with Crippen LogP contribution in [0.25, 0.3) is 0 Å². The normalized spacial score (nSPS) is 20.6. The van der Waals surface area contributed by atoms with Gasteiger partial charge in [-0.2, -0.15) is 0 Å². The number of allylic oxidation sites excluding steroid dienone is 2. The van der Waals surface area contributed by atoms with Crippen LogP contribution in [0.5, 0.6) is 0 Å². The Bertz CT molecular complexity index is 117. The summed E-state index contributed by atoms with van der Waals surface area (Å²) in [6.45, 7) is 2.72. The molecular weight excluding hydrogens is 167 g/mol. The predicted octanol–water partition coefficient (Wildman–Crippen LogP) is -1.80. The van der Waals surface area contributed by atoms with Crippen LogP contribution in [-0.2, 0) is 0 Å². The van der Waals surface area contributed by atoms with Crippen LogP contribution < -0.4 is 12.4 Å². The van der Waals surface area contributed by atoms with E-state index in [1.54, 1.807) is 0 Å². The van der Waals surface area contributed by atoms with Gasteiger partial charge in [0.15, 0.2) is 0 Å². The van der Waals surface area contributed by atoms with Crippen LogP contribution in [0.1, 0.15) is 0 Å². The quantitative estimate of drug-likeness (QED) is 0.393. The second-order valence-electron chi connectivity index (χ2n) is 2.90. The van der Waals surface area contributed by atoms with Gasteiger partial charge >= 0.3 is 0 Å². The first-order valence-electron chi connectivity index (χ1n) is 3.36. The van der Waals surface area contributed by atoms with E-state index >= 15 is 0 Å². The van der Waals surface area contributed by atoms with Crippen molar-refractivity contribution in [2.75, 3.05) is 31.8 Å². The lowest BCUT2D eigenvalue weighted by molar-refractivity contribution is -0.00000320. The molecule has 1 nitrogen and oxygen atoms in total. The Hall–Kier alpha value is 0.420. The average Bonchev–Trinajstić information content (AvgIpc) is 2.16. The highest BCUT2D eigenvalue weighted by Gasteiger charge is 2.30. The van der Waals surface area contributed by atoms with Crippen molar-refractivity contribution >= 4 is 7.26 Å². The number of hydrogen-bond donors (Lipinski definition) is 1. The fraction of sp³-hybridized carbons (Fsp3) is 0.714. The van der Waals surface area contributed by atoms with Crippen molar-refractivity contribution in [3.8, 4) is 0 Å². The molecule has 1 N–H and O–H groups in total. The van der Waals surface area contributed by atoms with E-state index in [9.17, 15) is 0 Å². The third kappa shape index (κ3) is 2.57. The summed E-state index contributed by atoms with van der Waals surface area (Å²) in [5.74, 6) is 0. The Morgan fingerprint density at radius 1 is 1.40 bits per heavy atom. The van der Waals surface area contributed by atoms with Gasteiger partial charge in [-0.3, -0.25) is 0 Å². The van der Waals surface area contributed by atoms with Crippen LogP contribution in [-0.4, -0.2) is 36.9 Å². The average molecular weight is 181 g/mol. The van der Waals surface area contributed by atoms with Gasteiger partial charge in [-0.15, -0.1) is 0 Å². The van der Waals surface area contributed by atoms with Gasteiger partial charge in [-0.1, -0.05) is 0 Å². The minimum Gasteiger partial charge on any atom is -1.00 e. The molecule has 60 valence electrons. The number of rotatable bonds is 2. The number of aliphatic hydroxyl groups is 1. The van der Waals surface area contributed by atoms with Gasteiger partial charge in [0.25, 0.3) is 0 Å². The number of aliphatic hydroxyl groups excluding tert-OH is 1. The summed E-state index contributed by atoms with van der Waals surface area (Å²) in [4.78, 5) is 0. The first-order chi connectivity index (χ1) is 4.27. The van der Waals surface area contributed by atoms with Crippen LogP contribution in [0, 0.1) is 0 Å². The fourth-order valence-electron chi connectivity index (χ4n) is 1.16. The molecule has 0 saturated carbocycles. The van der Waals surface area contributed by atoms with Crippen LogP contribution in [0.4, 0.5) is 0 Å². The summed E-state index contributed by atoms with van der Waals surface area (Å²) in [6, 6.07) is 0. The molecular formula is C7H14ClOP. The van der Waals surface area contributed by atoms with Crippen molar-refractivity contribution in [3.05, 3.63) is 12.2 Å². The molecule has 10 heavy (non-hydrogen) atoms. The van der Waals surface area contributed by atoms with Crippen molar-refractivity contribution in [1.29, 1.82) is 0 Å². The summed E-state index contributed by atoms with van der Waals surface area (Å²) in [7, 11) is -0.681. The van der Waals surface area contributed by atoms with Gasteiger partial charge in [0, 0.05) is 13.9 Å². The van der Waals surface area contributed by atoms with E-state index in [0.29, 0.717) is 6.61 Å². The van der Waals surface area contributed by atoms with Crippen molar-refractivity contribution in [3.63, 3.8) is 0 Å². The van der Waals surface area contributed by atoms with E-state index in [1.165, 1.54) is 12.3 Å². The van der Waals surface area contributed by atoms with Crippen molar-refractivity contribution < 1.29 is 17.5 Å². The van der Waals surface area contributed by atoms with Crippen molar-refractivity contribution in [2.45, 2.75) is 0 Å². The summed E-state index contributed by atoms with van der Waals surface area (Å²) in [6.07, 6.45) is 8.08. The zero-order valence-electron chi connectivity index (χ0n) is 6.26. The molecule has 1 aliphatic heterocycles. The molecule has 0 aromatic heterocycles. The summed E-state index contributed by atoms with van der Waals surface area (Å²) in [5.41, 5.74) is 0. The minimum atomic E-state index is -0.681. The third-order valence-electron chi connectivity index (χ3n) is 1.90. The SMILES string of the molecule is C[P+]1(CCO)CC=CC1.[Cl-]. The monoisotopic (exact) mass is 180 g/mol. The van der Waals surface area contributed by atoms with Crippen LogP contribution >= 0.6 is 7.26 Å². The number of halogens is 1. The molecule has 0 unspecified atom stereocenters. The molecule has 0 saturated heterocycles. The van der Waals surface area contributed by atoms with Crippen LogP contribution in [0.15, 0.2) is 12.2 Å². The maximum Gasteiger partial charge on any atom is 0.0828 e. The first-order valence-corrected chi connectivity index (χ1v) is 6.15. The molecule has 0 aliphatic carbocycles. The fourth-order valence-corrected chi connectivity index (χ4v) is 3.47. The van der Waals surface area contributed by atoms with E-state index in [1.807, 2.05) is 0 Å². The second kappa shape index (κ2) is 4.33. The molecule has 0 amide bonds. The highest BCUT2D eigenvalue weighted by Crippen LogP contribution is 2.57. The van der Waals surface area contributed by atoms with Crippen LogP contribution in [0.2, 0.25) is 0 Å². The standard InChI is InChI=1S/C7H14OP.ClH/c1-9(7-4-8)5-2-3-6-9;/h2-3,8H,4-7H2,1H3;1H/q+1;/p-1. The molecule has 0 radical (unpaired) electrons. The Kier molecular flexibility index (Phi) is 4.51. The van der Waals surface area contributed by atoms with Gasteiger partial charge in [-0.25, -0.2) is 0 Å². The molecule has 0 atom stereocenters. The highest BCUT2D eigenvalue weighted by atomic mass is 35.5. The maximum atomic E-state index is 8.69. The molecule has 1 heterocycles. The van der Waals surface area contributed by atoms with Gasteiger partial charge in [-0.05, 0) is 12.2 Å². The molecule has 3 heteroatoms. The van der Waals surface area contributed by atoms with Gasteiger partial charge in [0.1, 0.15) is 0 Å². The first kappa shape index (κ1) is 10.4. The smallest absolute Gasteiger partial charge is 0.0828 e. The summed E-state index contributed by atoms with van der Waals surface area (Å²) < 4.78 is 0.